The molecule has 0 saturated carbocycles. The van der Waals surface area contributed by atoms with Crippen LogP contribution in [0.15, 0.2) is 4.21 Å². The topological polar surface area (TPSA) is 95.9 Å². The van der Waals surface area contributed by atoms with E-state index in [9.17, 15) is 18.3 Å². The molecule has 0 amide bonds. The largest absolute Gasteiger partial charge is 0.478 e. The fraction of sp³-hybridized carbons (Fsp3) is 0.643. The summed E-state index contributed by atoms with van der Waals surface area (Å²) < 4.78 is 32.5. The van der Waals surface area contributed by atoms with Gasteiger partial charge in [-0.15, -0.1) is 11.3 Å². The minimum atomic E-state index is -3.78. The van der Waals surface area contributed by atoms with Crippen LogP contribution in [0.1, 0.15) is 33.6 Å². The highest BCUT2D eigenvalue weighted by atomic mass is 32.2. The van der Waals surface area contributed by atoms with Crippen molar-refractivity contribution >= 4 is 27.3 Å². The Hall–Kier alpha value is -1.00. The Bertz CT molecular complexity index is 705. The highest BCUT2D eigenvalue weighted by molar-refractivity contribution is 7.91. The molecule has 2 aliphatic rings. The zero-order chi connectivity index (χ0) is 16.6. The molecule has 1 saturated heterocycles. The zero-order valence-corrected chi connectivity index (χ0v) is 14.5. The number of thiophene rings is 1. The molecule has 0 unspecified atom stereocenters. The molecule has 7 nitrogen and oxygen atoms in total. The fourth-order valence-electron chi connectivity index (χ4n) is 3.13. The van der Waals surface area contributed by atoms with Crippen molar-refractivity contribution in [2.75, 3.05) is 26.7 Å². The van der Waals surface area contributed by atoms with Crippen molar-refractivity contribution in [2.24, 2.45) is 0 Å². The average Bonchev–Trinajstić information content (AvgIpc) is 2.95. The second-order valence-electron chi connectivity index (χ2n) is 5.74. The number of hydrogen-bond donors (Lipinski definition) is 2. The molecule has 128 valence electrons. The quantitative estimate of drug-likeness (QED) is 0.828. The minimum Gasteiger partial charge on any atom is -0.478 e. The normalized spacial score (nSPS) is 20.4. The van der Waals surface area contributed by atoms with Crippen LogP contribution in [-0.2, 0) is 27.7 Å². The molecule has 2 N–H and O–H groups in total. The van der Waals surface area contributed by atoms with Gasteiger partial charge >= 0.3 is 5.97 Å². The lowest BCUT2D eigenvalue weighted by atomic mass is 10.1. The number of carboxylic acids is 1. The molecule has 2 aliphatic heterocycles. The maximum atomic E-state index is 12.9. The van der Waals surface area contributed by atoms with Crippen molar-refractivity contribution in [3.8, 4) is 0 Å². The SMILES string of the molecule is COC1CCN(S(=O)(=O)c2sc3c(c2C(=O)O)CCNC3)CC1. The van der Waals surface area contributed by atoms with E-state index in [1.807, 2.05) is 0 Å². The van der Waals surface area contributed by atoms with Crippen LogP contribution in [0.2, 0.25) is 0 Å². The van der Waals surface area contributed by atoms with Gasteiger partial charge in [-0.25, -0.2) is 13.2 Å². The van der Waals surface area contributed by atoms with E-state index in [2.05, 4.69) is 5.32 Å². The van der Waals surface area contributed by atoms with Gasteiger partial charge in [0.15, 0.2) is 0 Å². The third-order valence-electron chi connectivity index (χ3n) is 4.42. The van der Waals surface area contributed by atoms with E-state index >= 15 is 0 Å². The number of sulfonamides is 1. The summed E-state index contributed by atoms with van der Waals surface area (Å²) in [4.78, 5) is 12.5. The zero-order valence-electron chi connectivity index (χ0n) is 12.9. The molecule has 3 rings (SSSR count). The Kier molecular flexibility index (Phi) is 4.75. The molecular formula is C14H20N2O5S2. The summed E-state index contributed by atoms with van der Waals surface area (Å²) in [5.41, 5.74) is 0.645. The highest BCUT2D eigenvalue weighted by Crippen LogP contribution is 2.36. The van der Waals surface area contributed by atoms with E-state index in [1.54, 1.807) is 7.11 Å². The van der Waals surface area contributed by atoms with Crippen LogP contribution >= 0.6 is 11.3 Å². The number of ether oxygens (including phenoxy) is 1. The number of rotatable bonds is 4. The van der Waals surface area contributed by atoms with Gasteiger partial charge < -0.3 is 15.2 Å². The first-order valence-electron chi connectivity index (χ1n) is 7.56. The van der Waals surface area contributed by atoms with Crippen molar-refractivity contribution in [1.82, 2.24) is 9.62 Å². The summed E-state index contributed by atoms with van der Waals surface area (Å²) in [7, 11) is -2.15. The van der Waals surface area contributed by atoms with Crippen LogP contribution in [0.25, 0.3) is 0 Å². The molecule has 0 atom stereocenters. The standard InChI is InChI=1S/C14H20N2O5S2/c1-21-9-3-6-16(7-4-9)23(19,20)14-12(13(17)18)10-2-5-15-8-11(10)22-14/h9,15H,2-8H2,1H3,(H,17,18). The van der Waals surface area contributed by atoms with Crippen molar-refractivity contribution < 1.29 is 23.1 Å². The van der Waals surface area contributed by atoms with Gasteiger partial charge in [0.25, 0.3) is 10.0 Å². The highest BCUT2D eigenvalue weighted by Gasteiger charge is 2.37. The number of piperidine rings is 1. The number of fused-ring (bicyclic) bond motifs is 1. The van der Waals surface area contributed by atoms with Crippen LogP contribution in [-0.4, -0.2) is 56.6 Å². The fourth-order valence-corrected chi connectivity index (χ4v) is 6.60. The Morgan fingerprint density at radius 3 is 2.70 bits per heavy atom. The van der Waals surface area contributed by atoms with Gasteiger partial charge in [-0.05, 0) is 31.4 Å². The Morgan fingerprint density at radius 2 is 2.09 bits per heavy atom. The monoisotopic (exact) mass is 360 g/mol. The van der Waals surface area contributed by atoms with Crippen LogP contribution in [0, 0.1) is 0 Å². The number of methoxy groups -OCH3 is 1. The molecule has 1 aromatic heterocycles. The third-order valence-corrected chi connectivity index (χ3v) is 8.04. The molecular weight excluding hydrogens is 340 g/mol. The number of aromatic carboxylic acids is 1. The summed E-state index contributed by atoms with van der Waals surface area (Å²) in [6.07, 6.45) is 1.88. The molecule has 0 aromatic carbocycles. The van der Waals surface area contributed by atoms with Crippen LogP contribution in [0.3, 0.4) is 0 Å². The van der Waals surface area contributed by atoms with Gasteiger partial charge in [-0.3, -0.25) is 0 Å². The van der Waals surface area contributed by atoms with Gasteiger partial charge in [0.1, 0.15) is 4.21 Å². The van der Waals surface area contributed by atoms with E-state index in [0.717, 1.165) is 16.2 Å². The number of nitrogens with one attached hydrogen (secondary N) is 1. The molecule has 23 heavy (non-hydrogen) atoms. The molecule has 1 aromatic rings. The van der Waals surface area contributed by atoms with E-state index in [0.29, 0.717) is 51.0 Å². The number of carbonyl (C=O) groups is 1. The second kappa shape index (κ2) is 6.48. The average molecular weight is 360 g/mol. The molecule has 0 radical (unpaired) electrons. The number of nitrogens with zero attached hydrogens (tertiary/aromatic N) is 1. The maximum Gasteiger partial charge on any atom is 0.338 e. The maximum absolute atomic E-state index is 12.9. The molecule has 0 bridgehead atoms. The second-order valence-corrected chi connectivity index (χ2v) is 8.98. The predicted molar refractivity (Wildman–Crippen MR) is 85.5 cm³/mol. The smallest absolute Gasteiger partial charge is 0.338 e. The van der Waals surface area contributed by atoms with E-state index in [1.165, 1.54) is 4.31 Å². The first kappa shape index (κ1) is 16.8. The van der Waals surface area contributed by atoms with Gasteiger partial charge in [0, 0.05) is 31.6 Å². The Balaban J connectivity index is 1.97. The number of carboxylic acid groups (broad SMARTS) is 1. The lowest BCUT2D eigenvalue weighted by Gasteiger charge is -2.30. The lowest BCUT2D eigenvalue weighted by Crippen LogP contribution is -2.40. The van der Waals surface area contributed by atoms with Crippen molar-refractivity contribution in [3.05, 3.63) is 16.0 Å². The summed E-state index contributed by atoms with van der Waals surface area (Å²) in [6, 6.07) is 0. The molecule has 9 heteroatoms. The van der Waals surface area contributed by atoms with Gasteiger partial charge in [-0.1, -0.05) is 0 Å². The van der Waals surface area contributed by atoms with Crippen molar-refractivity contribution in [3.63, 3.8) is 0 Å². The number of hydrogen-bond acceptors (Lipinski definition) is 6. The van der Waals surface area contributed by atoms with Gasteiger partial charge in [0.2, 0.25) is 0 Å². The van der Waals surface area contributed by atoms with E-state index < -0.39 is 16.0 Å². The predicted octanol–water partition coefficient (Wildman–Crippen LogP) is 0.892. The first-order chi connectivity index (χ1) is 10.9. The van der Waals surface area contributed by atoms with Crippen molar-refractivity contribution in [1.29, 1.82) is 0 Å². The van der Waals surface area contributed by atoms with E-state index in [4.69, 9.17) is 4.74 Å². The summed E-state index contributed by atoms with van der Waals surface area (Å²) in [5, 5.41) is 12.7. The lowest BCUT2D eigenvalue weighted by molar-refractivity contribution is 0.0603. The Labute approximate surface area is 139 Å². The van der Waals surface area contributed by atoms with Crippen molar-refractivity contribution in [2.45, 2.75) is 36.1 Å². The van der Waals surface area contributed by atoms with Crippen LogP contribution in [0.4, 0.5) is 0 Å². The van der Waals surface area contributed by atoms with Gasteiger partial charge in [-0.2, -0.15) is 4.31 Å². The summed E-state index contributed by atoms with van der Waals surface area (Å²) >= 11 is 1.09. The first-order valence-corrected chi connectivity index (χ1v) is 9.82. The van der Waals surface area contributed by atoms with Crippen LogP contribution < -0.4 is 5.32 Å². The van der Waals surface area contributed by atoms with Crippen LogP contribution in [0.5, 0.6) is 0 Å². The Morgan fingerprint density at radius 1 is 1.39 bits per heavy atom. The molecule has 0 spiro atoms. The molecule has 1 fully saturated rings. The summed E-state index contributed by atoms with van der Waals surface area (Å²) in [6.45, 7) is 1.92. The van der Waals surface area contributed by atoms with Gasteiger partial charge in [0.05, 0.1) is 11.7 Å². The minimum absolute atomic E-state index is 0.0189. The third kappa shape index (κ3) is 3.03. The molecule has 0 aliphatic carbocycles. The molecule has 3 heterocycles. The summed E-state index contributed by atoms with van der Waals surface area (Å²) in [5.74, 6) is -1.16. The van der Waals surface area contributed by atoms with E-state index in [-0.39, 0.29) is 15.9 Å².